The van der Waals surface area contributed by atoms with Crippen molar-refractivity contribution in [3.63, 3.8) is 0 Å². The molecule has 1 rings (SSSR count). The Bertz CT molecular complexity index is 506. The number of hydrogen-bond acceptors (Lipinski definition) is 3. The van der Waals surface area contributed by atoms with E-state index in [1.54, 1.807) is 37.2 Å². The Labute approximate surface area is 129 Å². The van der Waals surface area contributed by atoms with Crippen molar-refractivity contribution in [1.82, 2.24) is 10.2 Å². The zero-order valence-electron chi connectivity index (χ0n) is 11.7. The molecule has 0 spiro atoms. The normalized spacial score (nSPS) is 12.3. The van der Waals surface area contributed by atoms with Crippen LogP contribution in [-0.2, 0) is 4.79 Å². The highest BCUT2D eigenvalue weighted by Gasteiger charge is 2.17. The Hall–Kier alpha value is -1.10. The first-order valence-corrected chi connectivity index (χ1v) is 6.99. The number of carbonyl (C=O) groups is 2. The molecule has 1 aromatic carbocycles. The highest BCUT2D eigenvalue weighted by atomic mass is 35.5. The number of rotatable bonds is 6. The first-order valence-electron chi connectivity index (χ1n) is 6.23. The minimum absolute atomic E-state index is 0.0508. The number of halogens is 2. The number of Topliss-reactive ketones (excluding diaryl/α,β-unsaturated/α-hetero) is 1. The fourth-order valence-electron chi connectivity index (χ4n) is 1.90. The molecule has 0 aliphatic carbocycles. The maximum atomic E-state index is 12.2. The number of nitrogens with zero attached hydrogens (tertiary/aromatic N) is 1. The average molecular weight is 317 g/mol. The minimum Gasteiger partial charge on any atom is -0.359 e. The molecular formula is C14H18Cl2N2O2. The van der Waals surface area contributed by atoms with Crippen LogP contribution < -0.4 is 5.32 Å². The molecule has 1 aromatic rings. The summed E-state index contributed by atoms with van der Waals surface area (Å²) in [5, 5.41) is 3.44. The molecule has 0 aromatic heterocycles. The van der Waals surface area contributed by atoms with Gasteiger partial charge in [0.1, 0.15) is 0 Å². The van der Waals surface area contributed by atoms with E-state index in [0.717, 1.165) is 0 Å². The fraction of sp³-hybridized carbons (Fsp3) is 0.429. The second-order valence-electron chi connectivity index (χ2n) is 4.76. The molecule has 0 bridgehead atoms. The highest BCUT2D eigenvalue weighted by Crippen LogP contribution is 2.21. The first kappa shape index (κ1) is 17.0. The third-order valence-electron chi connectivity index (χ3n) is 2.92. The van der Waals surface area contributed by atoms with Crippen molar-refractivity contribution in [3.8, 4) is 0 Å². The maximum Gasteiger partial charge on any atom is 0.223 e. The van der Waals surface area contributed by atoms with Crippen LogP contribution >= 0.6 is 23.2 Å². The van der Waals surface area contributed by atoms with Crippen LogP contribution in [0.2, 0.25) is 10.0 Å². The Morgan fingerprint density at radius 3 is 2.60 bits per heavy atom. The predicted molar refractivity (Wildman–Crippen MR) is 81.5 cm³/mol. The van der Waals surface area contributed by atoms with E-state index in [2.05, 4.69) is 5.32 Å². The second-order valence-corrected chi connectivity index (χ2v) is 5.60. The molecule has 0 aliphatic rings. The molecule has 6 heteroatoms. The van der Waals surface area contributed by atoms with Crippen molar-refractivity contribution in [3.05, 3.63) is 33.8 Å². The van der Waals surface area contributed by atoms with E-state index in [9.17, 15) is 9.59 Å². The van der Waals surface area contributed by atoms with Crippen molar-refractivity contribution in [1.29, 1.82) is 0 Å². The molecule has 1 N–H and O–H groups in total. The molecule has 0 radical (unpaired) electrons. The van der Waals surface area contributed by atoms with Crippen LogP contribution in [0.1, 0.15) is 17.3 Å². The lowest BCUT2D eigenvalue weighted by atomic mass is 10.1. The van der Waals surface area contributed by atoms with Gasteiger partial charge in [-0.2, -0.15) is 0 Å². The molecule has 1 unspecified atom stereocenters. The van der Waals surface area contributed by atoms with E-state index in [4.69, 9.17) is 23.2 Å². The van der Waals surface area contributed by atoms with Gasteiger partial charge < -0.3 is 5.32 Å². The lowest BCUT2D eigenvalue weighted by Gasteiger charge is -2.19. The van der Waals surface area contributed by atoms with Gasteiger partial charge in [0.25, 0.3) is 0 Å². The van der Waals surface area contributed by atoms with Gasteiger partial charge in [0.05, 0.1) is 11.6 Å². The quantitative estimate of drug-likeness (QED) is 0.820. The SMILES string of the molecule is CNC(=O)C(C)CN(C)CC(=O)c1cc(Cl)ccc1Cl. The fourth-order valence-corrected chi connectivity index (χ4v) is 2.30. The van der Waals surface area contributed by atoms with Crippen LogP contribution in [0.15, 0.2) is 18.2 Å². The van der Waals surface area contributed by atoms with E-state index in [0.29, 0.717) is 22.2 Å². The number of carbonyl (C=O) groups excluding carboxylic acids is 2. The Morgan fingerprint density at radius 1 is 1.35 bits per heavy atom. The zero-order chi connectivity index (χ0) is 15.3. The van der Waals surface area contributed by atoms with Crippen LogP contribution in [-0.4, -0.2) is 43.8 Å². The summed E-state index contributed by atoms with van der Waals surface area (Å²) in [6.07, 6.45) is 0. The molecule has 20 heavy (non-hydrogen) atoms. The second kappa shape index (κ2) is 7.62. The van der Waals surface area contributed by atoms with E-state index in [-0.39, 0.29) is 24.2 Å². The third kappa shape index (κ3) is 4.78. The average Bonchev–Trinajstić information content (AvgIpc) is 2.40. The monoisotopic (exact) mass is 316 g/mol. The molecule has 0 saturated carbocycles. The van der Waals surface area contributed by atoms with E-state index in [1.807, 2.05) is 6.92 Å². The topological polar surface area (TPSA) is 49.4 Å². The maximum absolute atomic E-state index is 12.2. The first-order chi connectivity index (χ1) is 9.35. The van der Waals surface area contributed by atoms with E-state index >= 15 is 0 Å². The van der Waals surface area contributed by atoms with Crippen molar-refractivity contribution >= 4 is 34.9 Å². The molecule has 1 atom stereocenters. The summed E-state index contributed by atoms with van der Waals surface area (Å²) in [6, 6.07) is 4.80. The number of ketones is 1. The molecular weight excluding hydrogens is 299 g/mol. The predicted octanol–water partition coefficient (Wildman–Crippen LogP) is 2.49. The zero-order valence-corrected chi connectivity index (χ0v) is 13.3. The van der Waals surface area contributed by atoms with Crippen LogP contribution in [0.5, 0.6) is 0 Å². The summed E-state index contributed by atoms with van der Waals surface area (Å²) >= 11 is 11.9. The van der Waals surface area contributed by atoms with Crippen LogP contribution in [0.25, 0.3) is 0 Å². The van der Waals surface area contributed by atoms with Crippen molar-refractivity contribution < 1.29 is 9.59 Å². The van der Waals surface area contributed by atoms with E-state index < -0.39 is 0 Å². The summed E-state index contributed by atoms with van der Waals surface area (Å²) in [5.41, 5.74) is 0.401. The summed E-state index contributed by atoms with van der Waals surface area (Å²) in [7, 11) is 3.38. The lowest BCUT2D eigenvalue weighted by Crippen LogP contribution is -2.36. The van der Waals surface area contributed by atoms with E-state index in [1.165, 1.54) is 0 Å². The van der Waals surface area contributed by atoms with Gasteiger partial charge in [-0.05, 0) is 25.2 Å². The van der Waals surface area contributed by atoms with Gasteiger partial charge in [-0.1, -0.05) is 30.1 Å². The van der Waals surface area contributed by atoms with Crippen molar-refractivity contribution in [2.45, 2.75) is 6.92 Å². The molecule has 0 saturated heterocycles. The van der Waals surface area contributed by atoms with Gasteiger partial charge >= 0.3 is 0 Å². The number of nitrogens with one attached hydrogen (secondary N) is 1. The molecule has 0 heterocycles. The van der Waals surface area contributed by atoms with Crippen molar-refractivity contribution in [2.75, 3.05) is 27.2 Å². The van der Waals surface area contributed by atoms with Gasteiger partial charge in [0, 0.05) is 30.1 Å². The summed E-state index contributed by atoms with van der Waals surface area (Å²) < 4.78 is 0. The third-order valence-corrected chi connectivity index (χ3v) is 3.49. The Kier molecular flexibility index (Phi) is 6.46. The Morgan fingerprint density at radius 2 is 2.00 bits per heavy atom. The van der Waals surface area contributed by atoms with Gasteiger partial charge in [0.2, 0.25) is 5.91 Å². The standard InChI is InChI=1S/C14H18Cl2N2O2/c1-9(14(20)17-2)7-18(3)8-13(19)11-6-10(15)4-5-12(11)16/h4-6,9H,7-8H2,1-3H3,(H,17,20). The molecule has 1 amide bonds. The molecule has 0 aliphatic heterocycles. The number of benzene rings is 1. The molecule has 4 nitrogen and oxygen atoms in total. The van der Waals surface area contributed by atoms with Gasteiger partial charge in [-0.25, -0.2) is 0 Å². The number of amides is 1. The smallest absolute Gasteiger partial charge is 0.223 e. The largest absolute Gasteiger partial charge is 0.359 e. The minimum atomic E-state index is -0.187. The summed E-state index contributed by atoms with van der Waals surface area (Å²) in [4.78, 5) is 25.4. The summed E-state index contributed by atoms with van der Waals surface area (Å²) in [5.74, 6) is -0.359. The molecule has 110 valence electrons. The lowest BCUT2D eigenvalue weighted by molar-refractivity contribution is -0.124. The van der Waals surface area contributed by atoms with Crippen molar-refractivity contribution in [2.24, 2.45) is 5.92 Å². The van der Waals surface area contributed by atoms with Gasteiger partial charge in [-0.3, -0.25) is 14.5 Å². The molecule has 0 fully saturated rings. The van der Waals surface area contributed by atoms with Crippen LogP contribution in [0, 0.1) is 5.92 Å². The summed E-state index contributed by atoms with van der Waals surface area (Å²) in [6.45, 7) is 2.48. The van der Waals surface area contributed by atoms with Crippen LogP contribution in [0.3, 0.4) is 0 Å². The highest BCUT2D eigenvalue weighted by molar-refractivity contribution is 6.36. The number of hydrogen-bond donors (Lipinski definition) is 1. The Balaban J connectivity index is 2.66. The van der Waals surface area contributed by atoms with Crippen LogP contribution in [0.4, 0.5) is 0 Å². The van der Waals surface area contributed by atoms with Gasteiger partial charge in [0.15, 0.2) is 5.78 Å². The number of likely N-dealkylation sites (N-methyl/N-ethyl adjacent to an activating group) is 1. The van der Waals surface area contributed by atoms with Gasteiger partial charge in [-0.15, -0.1) is 0 Å².